The average Bonchev–Trinajstić information content (AvgIpc) is 2.60. The number of hydrogen-bond donors (Lipinski definition) is 2. The van der Waals surface area contributed by atoms with Crippen LogP contribution < -0.4 is 9.47 Å². The van der Waals surface area contributed by atoms with E-state index in [9.17, 15) is 9.59 Å². The Morgan fingerprint density at radius 1 is 1.08 bits per heavy atom. The van der Waals surface area contributed by atoms with Gasteiger partial charge in [0.05, 0.1) is 6.61 Å². The largest absolute Gasteiger partial charge is 0.485 e. The number of carboxylic acids is 1. The van der Waals surface area contributed by atoms with Gasteiger partial charge >= 0.3 is 5.97 Å². The average molecular weight is 330 g/mol. The molecular formula is C18H18O6. The first-order chi connectivity index (χ1) is 11.5. The number of carbonyl (C=O) groups is 2. The normalized spacial score (nSPS) is 11.6. The summed E-state index contributed by atoms with van der Waals surface area (Å²) >= 11 is 0. The molecule has 0 unspecified atom stereocenters. The predicted molar refractivity (Wildman–Crippen MR) is 86.4 cm³/mol. The molecule has 6 nitrogen and oxygen atoms in total. The van der Waals surface area contributed by atoms with Gasteiger partial charge in [-0.25, -0.2) is 4.79 Å². The number of Topliss-reactive ketones (excluding diaryl/α,β-unsaturated/α-hetero) is 1. The molecule has 2 rings (SSSR count). The Bertz CT molecular complexity index is 725. The van der Waals surface area contributed by atoms with E-state index in [0.717, 1.165) is 0 Å². The van der Waals surface area contributed by atoms with Crippen LogP contribution in [-0.4, -0.2) is 34.7 Å². The van der Waals surface area contributed by atoms with E-state index in [1.807, 2.05) is 0 Å². The van der Waals surface area contributed by atoms with Gasteiger partial charge in [-0.05, 0) is 30.7 Å². The Morgan fingerprint density at radius 2 is 1.79 bits per heavy atom. The van der Waals surface area contributed by atoms with Gasteiger partial charge < -0.3 is 19.7 Å². The van der Waals surface area contributed by atoms with Crippen molar-refractivity contribution in [3.63, 3.8) is 0 Å². The second-order valence-corrected chi connectivity index (χ2v) is 5.14. The van der Waals surface area contributed by atoms with Gasteiger partial charge in [0.25, 0.3) is 0 Å². The Morgan fingerprint density at radius 3 is 2.50 bits per heavy atom. The highest BCUT2D eigenvalue weighted by Crippen LogP contribution is 2.21. The van der Waals surface area contributed by atoms with Gasteiger partial charge in [-0.3, -0.25) is 4.79 Å². The summed E-state index contributed by atoms with van der Waals surface area (Å²) in [6.45, 7) is 1.11. The van der Waals surface area contributed by atoms with Crippen molar-refractivity contribution in [1.82, 2.24) is 0 Å². The van der Waals surface area contributed by atoms with E-state index in [1.165, 1.54) is 13.0 Å². The SMILES string of the molecule is C[C@@H](Oc1cccc(OCC(=O)c2cccc(CO)c2)c1)C(=O)O. The van der Waals surface area contributed by atoms with Crippen molar-refractivity contribution in [1.29, 1.82) is 0 Å². The van der Waals surface area contributed by atoms with E-state index in [2.05, 4.69) is 0 Å². The number of benzene rings is 2. The molecule has 0 spiro atoms. The number of aliphatic carboxylic acids is 1. The molecule has 0 saturated carbocycles. The highest BCUT2D eigenvalue weighted by atomic mass is 16.5. The third kappa shape index (κ3) is 4.82. The number of rotatable bonds is 8. The van der Waals surface area contributed by atoms with Crippen LogP contribution >= 0.6 is 0 Å². The topological polar surface area (TPSA) is 93.1 Å². The molecule has 0 amide bonds. The summed E-state index contributed by atoms with van der Waals surface area (Å²) in [6.07, 6.45) is -0.983. The zero-order valence-corrected chi connectivity index (χ0v) is 13.1. The minimum absolute atomic E-state index is 0.136. The maximum absolute atomic E-state index is 12.1. The molecular weight excluding hydrogens is 312 g/mol. The van der Waals surface area contributed by atoms with Crippen molar-refractivity contribution in [3.8, 4) is 11.5 Å². The Hall–Kier alpha value is -2.86. The third-order valence-corrected chi connectivity index (χ3v) is 3.27. The predicted octanol–water partition coefficient (Wildman–Crippen LogP) is 2.29. The summed E-state index contributed by atoms with van der Waals surface area (Å²) in [4.78, 5) is 22.9. The van der Waals surface area contributed by atoms with E-state index in [4.69, 9.17) is 19.7 Å². The van der Waals surface area contributed by atoms with E-state index in [-0.39, 0.29) is 19.0 Å². The number of hydrogen-bond acceptors (Lipinski definition) is 5. The van der Waals surface area contributed by atoms with Crippen LogP contribution in [0.3, 0.4) is 0 Å². The molecule has 0 aliphatic rings. The molecule has 2 N–H and O–H groups in total. The van der Waals surface area contributed by atoms with Gasteiger partial charge in [0, 0.05) is 11.6 Å². The molecule has 24 heavy (non-hydrogen) atoms. The van der Waals surface area contributed by atoms with Crippen LogP contribution in [0.4, 0.5) is 0 Å². The molecule has 0 radical (unpaired) electrons. The molecule has 0 aliphatic carbocycles. The minimum atomic E-state index is -1.07. The van der Waals surface area contributed by atoms with Crippen molar-refractivity contribution < 1.29 is 29.3 Å². The van der Waals surface area contributed by atoms with E-state index in [0.29, 0.717) is 22.6 Å². The van der Waals surface area contributed by atoms with Crippen molar-refractivity contribution in [3.05, 3.63) is 59.7 Å². The van der Waals surface area contributed by atoms with Crippen LogP contribution in [0.25, 0.3) is 0 Å². The second-order valence-electron chi connectivity index (χ2n) is 5.14. The zero-order valence-electron chi connectivity index (χ0n) is 13.1. The van der Waals surface area contributed by atoms with Crippen molar-refractivity contribution in [2.45, 2.75) is 19.6 Å². The lowest BCUT2D eigenvalue weighted by atomic mass is 10.1. The minimum Gasteiger partial charge on any atom is -0.485 e. The molecule has 2 aromatic carbocycles. The third-order valence-electron chi connectivity index (χ3n) is 3.27. The Labute approximate surface area is 139 Å². The van der Waals surface area contributed by atoms with E-state index in [1.54, 1.807) is 42.5 Å². The summed E-state index contributed by atoms with van der Waals surface area (Å²) in [5, 5.41) is 17.9. The number of carbonyl (C=O) groups excluding carboxylic acids is 1. The maximum Gasteiger partial charge on any atom is 0.344 e. The van der Waals surface area contributed by atoms with Crippen LogP contribution in [0, 0.1) is 0 Å². The molecule has 0 saturated heterocycles. The first-order valence-electron chi connectivity index (χ1n) is 7.35. The number of aliphatic hydroxyl groups excluding tert-OH is 1. The van der Waals surface area contributed by atoms with Crippen LogP contribution in [0.1, 0.15) is 22.8 Å². The molecule has 0 aromatic heterocycles. The van der Waals surface area contributed by atoms with E-state index < -0.39 is 12.1 Å². The molecule has 0 heterocycles. The summed E-state index contributed by atoms with van der Waals surface area (Å²) < 4.78 is 10.7. The highest BCUT2D eigenvalue weighted by molar-refractivity contribution is 5.97. The Kier molecular flexibility index (Phi) is 5.92. The van der Waals surface area contributed by atoms with Crippen LogP contribution in [0.5, 0.6) is 11.5 Å². The molecule has 126 valence electrons. The smallest absolute Gasteiger partial charge is 0.344 e. The lowest BCUT2D eigenvalue weighted by Crippen LogP contribution is -2.22. The quantitative estimate of drug-likeness (QED) is 0.721. The van der Waals surface area contributed by atoms with Crippen LogP contribution in [-0.2, 0) is 11.4 Å². The van der Waals surface area contributed by atoms with Gasteiger partial charge in [0.2, 0.25) is 0 Å². The molecule has 2 aromatic rings. The number of carboxylic acid groups (broad SMARTS) is 1. The first-order valence-corrected chi connectivity index (χ1v) is 7.35. The van der Waals surface area contributed by atoms with Gasteiger partial charge in [-0.2, -0.15) is 0 Å². The fourth-order valence-electron chi connectivity index (χ4n) is 1.97. The number of ketones is 1. The second kappa shape index (κ2) is 8.12. The monoisotopic (exact) mass is 330 g/mol. The van der Waals surface area contributed by atoms with Gasteiger partial charge in [0.1, 0.15) is 11.5 Å². The summed E-state index contributed by atoms with van der Waals surface area (Å²) in [7, 11) is 0. The first kappa shape index (κ1) is 17.5. The number of aliphatic hydroxyl groups is 1. The lowest BCUT2D eigenvalue weighted by Gasteiger charge is -2.12. The summed E-state index contributed by atoms with van der Waals surface area (Å²) in [5.41, 5.74) is 1.10. The zero-order chi connectivity index (χ0) is 17.5. The van der Waals surface area contributed by atoms with Crippen LogP contribution in [0.2, 0.25) is 0 Å². The molecule has 0 aliphatic heterocycles. The fourth-order valence-corrected chi connectivity index (χ4v) is 1.97. The molecule has 0 fully saturated rings. The van der Waals surface area contributed by atoms with Crippen molar-refractivity contribution >= 4 is 11.8 Å². The molecule has 6 heteroatoms. The van der Waals surface area contributed by atoms with Gasteiger partial charge in [-0.15, -0.1) is 0 Å². The highest BCUT2D eigenvalue weighted by Gasteiger charge is 2.13. The summed E-state index contributed by atoms with van der Waals surface area (Å²) in [5.74, 6) is -0.551. The van der Waals surface area contributed by atoms with Crippen LogP contribution in [0.15, 0.2) is 48.5 Å². The lowest BCUT2D eigenvalue weighted by molar-refractivity contribution is -0.144. The fraction of sp³-hybridized carbons (Fsp3) is 0.222. The standard InChI is InChI=1S/C18H18O6/c1-12(18(21)22)24-16-7-3-6-15(9-16)23-11-17(20)14-5-2-4-13(8-14)10-19/h2-9,12,19H,10-11H2,1H3,(H,21,22)/t12-/m1/s1. The summed E-state index contributed by atoms with van der Waals surface area (Å²) in [6, 6.07) is 13.1. The Balaban J connectivity index is 1.98. The molecule has 0 bridgehead atoms. The van der Waals surface area contributed by atoms with Crippen molar-refractivity contribution in [2.24, 2.45) is 0 Å². The number of ether oxygens (including phenoxy) is 2. The maximum atomic E-state index is 12.1. The van der Waals surface area contributed by atoms with E-state index >= 15 is 0 Å². The van der Waals surface area contributed by atoms with Gasteiger partial charge in [-0.1, -0.05) is 24.3 Å². The molecule has 1 atom stereocenters. The van der Waals surface area contributed by atoms with Gasteiger partial charge in [0.15, 0.2) is 18.5 Å². The van der Waals surface area contributed by atoms with Crippen molar-refractivity contribution in [2.75, 3.05) is 6.61 Å².